The largest absolute Gasteiger partial charge is 0.492 e. The second-order valence-electron chi connectivity index (χ2n) is 9.30. The highest BCUT2D eigenvalue weighted by atomic mass is 35.5. The lowest BCUT2D eigenvalue weighted by Gasteiger charge is -2.36. The predicted molar refractivity (Wildman–Crippen MR) is 132 cm³/mol. The van der Waals surface area contributed by atoms with Gasteiger partial charge in [0.2, 0.25) is 11.4 Å². The number of nitrogens with zero attached hydrogens (tertiary/aromatic N) is 3. The lowest BCUT2D eigenvalue weighted by Crippen LogP contribution is -2.47. The van der Waals surface area contributed by atoms with Crippen LogP contribution in [0.1, 0.15) is 44.9 Å². The Hall–Kier alpha value is -1.67. The van der Waals surface area contributed by atoms with Crippen molar-refractivity contribution >= 4 is 39.5 Å². The normalized spacial score (nSPS) is 22.8. The minimum absolute atomic E-state index is 0.0323. The van der Waals surface area contributed by atoms with Crippen molar-refractivity contribution in [1.82, 2.24) is 13.8 Å². The monoisotopic (exact) mass is 583 g/mol. The molecule has 1 saturated heterocycles. The van der Waals surface area contributed by atoms with Crippen molar-refractivity contribution in [1.29, 1.82) is 0 Å². The summed E-state index contributed by atoms with van der Waals surface area (Å²) >= 11 is 7.09. The molecule has 0 bridgehead atoms. The molecule has 1 atom stereocenters. The quantitative estimate of drug-likeness (QED) is 0.311. The van der Waals surface area contributed by atoms with E-state index in [9.17, 15) is 26.4 Å². The third kappa shape index (κ3) is 7.05. The van der Waals surface area contributed by atoms with Gasteiger partial charge in [0.05, 0.1) is 4.90 Å². The number of likely N-dealkylation sites (tertiary alicyclic amines) is 1. The van der Waals surface area contributed by atoms with Gasteiger partial charge in [0.25, 0.3) is 10.0 Å². The molecule has 2 fully saturated rings. The van der Waals surface area contributed by atoms with Gasteiger partial charge in [0.15, 0.2) is 0 Å². The van der Waals surface area contributed by atoms with Crippen molar-refractivity contribution in [3.05, 3.63) is 41.6 Å². The Labute approximate surface area is 223 Å². The van der Waals surface area contributed by atoms with Gasteiger partial charge in [-0.05, 0) is 43.7 Å². The first-order chi connectivity index (χ1) is 17.6. The van der Waals surface area contributed by atoms with Gasteiger partial charge >= 0.3 is 12.1 Å². The summed E-state index contributed by atoms with van der Waals surface area (Å²) in [6.07, 6.45) is 2.30. The zero-order chi connectivity index (χ0) is 26.6. The summed E-state index contributed by atoms with van der Waals surface area (Å²) in [7, 11) is -4.70. The summed E-state index contributed by atoms with van der Waals surface area (Å²) in [5, 5.41) is 1.40. The summed E-state index contributed by atoms with van der Waals surface area (Å²) in [6, 6.07) is 6.67. The number of hydroxylamine groups is 1. The SMILES string of the molecule is O=C(ON(C1SC=C(OC2CCN(CC3CCCCC3)CC2)N1Cl)S(=O)(=O)c1ccccc1)C(F)(F)F. The summed E-state index contributed by atoms with van der Waals surface area (Å²) in [4.78, 5) is 18.0. The molecule has 1 aromatic carbocycles. The number of hydrogen-bond donors (Lipinski definition) is 0. The Morgan fingerprint density at radius 1 is 1.08 bits per heavy atom. The van der Waals surface area contributed by atoms with Crippen LogP contribution in [0, 0.1) is 5.92 Å². The number of rotatable bonds is 8. The van der Waals surface area contributed by atoms with E-state index in [1.807, 2.05) is 0 Å². The van der Waals surface area contributed by atoms with Gasteiger partial charge in [-0.25, -0.2) is 17.6 Å². The van der Waals surface area contributed by atoms with Crippen LogP contribution in [0.15, 0.2) is 46.5 Å². The van der Waals surface area contributed by atoms with Crippen LogP contribution < -0.4 is 0 Å². The van der Waals surface area contributed by atoms with E-state index in [2.05, 4.69) is 9.74 Å². The molecular formula is C23H29ClF3N3O5S2. The maximum atomic E-state index is 13.1. The zero-order valence-electron chi connectivity index (χ0n) is 20.0. The van der Waals surface area contributed by atoms with E-state index in [4.69, 9.17) is 16.5 Å². The first-order valence-corrected chi connectivity index (χ1v) is 14.9. The fourth-order valence-corrected chi connectivity index (χ4v) is 7.57. The minimum Gasteiger partial charge on any atom is -0.474 e. The van der Waals surface area contributed by atoms with E-state index in [1.54, 1.807) is 0 Å². The molecule has 0 aromatic heterocycles. The molecular weight excluding hydrogens is 555 g/mol. The number of thioether (sulfide) groups is 1. The molecule has 1 saturated carbocycles. The lowest BCUT2D eigenvalue weighted by molar-refractivity contribution is -0.226. The number of piperidine rings is 1. The van der Waals surface area contributed by atoms with Gasteiger partial charge in [-0.2, -0.15) is 13.2 Å². The van der Waals surface area contributed by atoms with Gasteiger partial charge in [-0.1, -0.05) is 49.2 Å². The van der Waals surface area contributed by atoms with Crippen LogP contribution >= 0.6 is 23.5 Å². The van der Waals surface area contributed by atoms with Crippen LogP contribution in [0.5, 0.6) is 0 Å². The first-order valence-electron chi connectivity index (χ1n) is 12.1. The number of benzene rings is 1. The molecule has 1 aliphatic carbocycles. The molecule has 2 aliphatic heterocycles. The highest BCUT2D eigenvalue weighted by Crippen LogP contribution is 2.40. The highest BCUT2D eigenvalue weighted by Gasteiger charge is 2.49. The molecule has 0 N–H and O–H groups in total. The molecule has 206 valence electrons. The summed E-state index contributed by atoms with van der Waals surface area (Å²) < 4.78 is 72.0. The number of sulfonamides is 1. The van der Waals surface area contributed by atoms with E-state index in [0.717, 1.165) is 54.6 Å². The Kier molecular flexibility index (Phi) is 9.21. The smallest absolute Gasteiger partial charge is 0.474 e. The maximum absolute atomic E-state index is 13.1. The van der Waals surface area contributed by atoms with Gasteiger partial charge < -0.3 is 14.5 Å². The molecule has 14 heteroatoms. The zero-order valence-corrected chi connectivity index (χ0v) is 22.4. The van der Waals surface area contributed by atoms with Crippen LogP contribution in [0.25, 0.3) is 0 Å². The predicted octanol–water partition coefficient (Wildman–Crippen LogP) is 5.04. The number of hydrogen-bond acceptors (Lipinski definition) is 8. The van der Waals surface area contributed by atoms with Crippen LogP contribution in [0.4, 0.5) is 13.2 Å². The van der Waals surface area contributed by atoms with Crippen molar-refractivity contribution < 1.29 is 36.0 Å². The molecule has 4 rings (SSSR count). The van der Waals surface area contributed by atoms with Gasteiger partial charge in [-0.3, -0.25) is 0 Å². The molecule has 1 aromatic rings. The lowest BCUT2D eigenvalue weighted by atomic mass is 9.88. The van der Waals surface area contributed by atoms with E-state index in [-0.39, 0.29) is 21.4 Å². The summed E-state index contributed by atoms with van der Waals surface area (Å²) in [5.74, 6) is -1.87. The van der Waals surface area contributed by atoms with Crippen molar-refractivity contribution in [2.24, 2.45) is 5.92 Å². The second kappa shape index (κ2) is 12.0. The van der Waals surface area contributed by atoms with Gasteiger partial charge in [-0.15, -0.1) is 0 Å². The molecule has 2 heterocycles. The fraction of sp³-hybridized carbons (Fsp3) is 0.609. The molecule has 0 radical (unpaired) electrons. The van der Waals surface area contributed by atoms with Crippen LogP contribution in [-0.4, -0.2) is 65.6 Å². The van der Waals surface area contributed by atoms with Crippen molar-refractivity contribution in [2.45, 2.75) is 67.6 Å². The molecule has 8 nitrogen and oxygen atoms in total. The van der Waals surface area contributed by atoms with Crippen LogP contribution in [-0.2, 0) is 24.4 Å². The third-order valence-electron chi connectivity index (χ3n) is 6.62. The van der Waals surface area contributed by atoms with Crippen LogP contribution in [0.2, 0.25) is 0 Å². The summed E-state index contributed by atoms with van der Waals surface area (Å²) in [6.45, 7) is 2.78. The van der Waals surface area contributed by atoms with E-state index in [0.29, 0.717) is 0 Å². The van der Waals surface area contributed by atoms with Crippen molar-refractivity contribution in [3.63, 3.8) is 0 Å². The Morgan fingerprint density at radius 2 is 1.73 bits per heavy atom. The number of ether oxygens (including phenoxy) is 1. The average Bonchev–Trinajstić information content (AvgIpc) is 3.23. The van der Waals surface area contributed by atoms with Gasteiger partial charge in [0.1, 0.15) is 6.10 Å². The highest BCUT2D eigenvalue weighted by molar-refractivity contribution is 8.03. The maximum Gasteiger partial charge on any atom is 0.492 e. The molecule has 3 aliphatic rings. The van der Waals surface area contributed by atoms with E-state index < -0.39 is 27.7 Å². The third-order valence-corrected chi connectivity index (χ3v) is 9.82. The van der Waals surface area contributed by atoms with Crippen LogP contribution in [0.3, 0.4) is 0 Å². The van der Waals surface area contributed by atoms with Crippen molar-refractivity contribution in [2.75, 3.05) is 19.6 Å². The molecule has 1 unspecified atom stereocenters. The molecule has 37 heavy (non-hydrogen) atoms. The Bertz CT molecular complexity index is 1060. The number of halogens is 4. The topological polar surface area (TPSA) is 79.4 Å². The Morgan fingerprint density at radius 3 is 2.35 bits per heavy atom. The number of carbonyl (C=O) groups is 1. The number of carbonyl (C=O) groups excluding carboxylic acids is 1. The second-order valence-corrected chi connectivity index (χ2v) is 12.4. The Balaban J connectivity index is 1.39. The standard InChI is InChI=1S/C23H29ClF3N3O5S2/c24-29-20(34-18-11-13-28(14-12-18)15-17-7-3-1-4-8-17)16-36-22(29)30(35-21(31)23(25,26)27)37(32,33)19-9-5-2-6-10-19/h2,5-6,9-10,16-18,22H,1,3-4,7-8,11-15H2. The number of alkyl halides is 3. The molecule has 0 amide bonds. The van der Waals surface area contributed by atoms with Gasteiger partial charge in [0, 0.05) is 41.3 Å². The van der Waals surface area contributed by atoms with Crippen molar-refractivity contribution in [3.8, 4) is 0 Å². The first kappa shape index (κ1) is 28.3. The minimum atomic E-state index is -5.41. The summed E-state index contributed by atoms with van der Waals surface area (Å²) in [5.41, 5.74) is -1.54. The van der Waals surface area contributed by atoms with E-state index >= 15 is 0 Å². The molecule has 0 spiro atoms. The average molecular weight is 584 g/mol. The van der Waals surface area contributed by atoms with E-state index in [1.165, 1.54) is 67.8 Å². The fourth-order valence-electron chi connectivity index (χ4n) is 4.70.